The lowest BCUT2D eigenvalue weighted by atomic mass is 10.1. The highest BCUT2D eigenvalue weighted by molar-refractivity contribution is 5.47. The molecule has 0 aliphatic carbocycles. The van der Waals surface area contributed by atoms with Crippen LogP contribution in [-0.2, 0) is 0 Å². The maximum atomic E-state index is 10.0. The van der Waals surface area contributed by atoms with Gasteiger partial charge in [0.1, 0.15) is 0 Å². The summed E-state index contributed by atoms with van der Waals surface area (Å²) in [5.41, 5.74) is 1.37. The van der Waals surface area contributed by atoms with E-state index in [2.05, 4.69) is 6.07 Å². The van der Waals surface area contributed by atoms with Crippen LogP contribution < -0.4 is 5.06 Å². The first-order valence-electron chi connectivity index (χ1n) is 5.30. The normalized spacial score (nSPS) is 11.5. The highest BCUT2D eigenvalue weighted by Crippen LogP contribution is 2.24. The van der Waals surface area contributed by atoms with Gasteiger partial charge in [0.2, 0.25) is 0 Å². The minimum Gasteiger partial charge on any atom is -0.287 e. The van der Waals surface area contributed by atoms with Gasteiger partial charge < -0.3 is 0 Å². The summed E-state index contributed by atoms with van der Waals surface area (Å²) < 4.78 is 0. The maximum Gasteiger partial charge on any atom is 0.167 e. The van der Waals surface area contributed by atoms with Gasteiger partial charge in [-0.2, -0.15) is 5.26 Å². The Balaban J connectivity index is 2.30. The number of hydrogen-bond acceptors (Lipinski definition) is 3. The highest BCUT2D eigenvalue weighted by atomic mass is 16.5. The minimum atomic E-state index is -0.696. The van der Waals surface area contributed by atoms with Gasteiger partial charge in [-0.05, 0) is 17.7 Å². The predicted molar refractivity (Wildman–Crippen MR) is 65.5 cm³/mol. The third kappa shape index (κ3) is 2.44. The smallest absolute Gasteiger partial charge is 0.167 e. The molecule has 1 N–H and O–H groups in total. The van der Waals surface area contributed by atoms with Crippen LogP contribution in [0.2, 0.25) is 0 Å². The predicted octanol–water partition coefficient (Wildman–Crippen LogP) is 3.15. The second kappa shape index (κ2) is 5.15. The standard InChI is InChI=1S/C14H12N2O/c15-11-14(12-7-3-1-4-8-12)16(17)13-9-5-2-6-10-13/h1-10,14,17H. The molecule has 0 fully saturated rings. The molecule has 0 amide bonds. The van der Waals surface area contributed by atoms with Crippen LogP contribution in [0.1, 0.15) is 11.6 Å². The molecule has 1 atom stereocenters. The molecule has 17 heavy (non-hydrogen) atoms. The summed E-state index contributed by atoms with van der Waals surface area (Å²) in [4.78, 5) is 0. The molecule has 1 unspecified atom stereocenters. The molecule has 0 spiro atoms. The molecule has 0 saturated carbocycles. The van der Waals surface area contributed by atoms with Gasteiger partial charge >= 0.3 is 0 Å². The van der Waals surface area contributed by atoms with Crippen LogP contribution in [0.5, 0.6) is 0 Å². The zero-order valence-corrected chi connectivity index (χ0v) is 9.19. The van der Waals surface area contributed by atoms with Crippen LogP contribution in [0.4, 0.5) is 5.69 Å². The van der Waals surface area contributed by atoms with E-state index in [1.165, 1.54) is 0 Å². The topological polar surface area (TPSA) is 47.3 Å². The van der Waals surface area contributed by atoms with E-state index in [1.807, 2.05) is 48.5 Å². The van der Waals surface area contributed by atoms with Gasteiger partial charge in [0.25, 0.3) is 0 Å². The summed E-state index contributed by atoms with van der Waals surface area (Å²) in [6, 6.07) is 19.6. The Morgan fingerprint density at radius 3 is 2.00 bits per heavy atom. The summed E-state index contributed by atoms with van der Waals surface area (Å²) in [6.45, 7) is 0. The van der Waals surface area contributed by atoms with Crippen molar-refractivity contribution in [1.82, 2.24) is 0 Å². The maximum absolute atomic E-state index is 10.0. The Morgan fingerprint density at radius 2 is 1.47 bits per heavy atom. The van der Waals surface area contributed by atoms with Gasteiger partial charge in [0, 0.05) is 0 Å². The number of para-hydroxylation sites is 1. The third-order valence-corrected chi connectivity index (χ3v) is 2.50. The van der Waals surface area contributed by atoms with Gasteiger partial charge in [-0.15, -0.1) is 0 Å². The second-order valence-corrected chi connectivity index (χ2v) is 3.62. The lowest BCUT2D eigenvalue weighted by Gasteiger charge is -2.22. The number of nitriles is 1. The molecule has 0 heterocycles. The van der Waals surface area contributed by atoms with E-state index in [9.17, 15) is 5.21 Å². The van der Waals surface area contributed by atoms with Crippen molar-refractivity contribution < 1.29 is 5.21 Å². The van der Waals surface area contributed by atoms with Gasteiger partial charge in [-0.25, -0.2) is 5.06 Å². The average Bonchev–Trinajstić information content (AvgIpc) is 2.42. The number of benzene rings is 2. The van der Waals surface area contributed by atoms with Gasteiger partial charge in [-0.3, -0.25) is 5.21 Å². The van der Waals surface area contributed by atoms with Crippen molar-refractivity contribution in [3.8, 4) is 6.07 Å². The van der Waals surface area contributed by atoms with Crippen molar-refractivity contribution in [3.05, 3.63) is 66.2 Å². The van der Waals surface area contributed by atoms with Crippen LogP contribution in [0.15, 0.2) is 60.7 Å². The molecule has 3 nitrogen and oxygen atoms in total. The summed E-state index contributed by atoms with van der Waals surface area (Å²) in [5, 5.41) is 20.2. The molecule has 0 aliphatic heterocycles. The first kappa shape index (κ1) is 11.2. The van der Waals surface area contributed by atoms with Crippen molar-refractivity contribution in [2.75, 3.05) is 5.06 Å². The van der Waals surface area contributed by atoms with E-state index in [4.69, 9.17) is 5.26 Å². The van der Waals surface area contributed by atoms with Gasteiger partial charge in [-0.1, -0.05) is 48.5 Å². The minimum absolute atomic E-state index is 0.600. The summed E-state index contributed by atoms with van der Waals surface area (Å²) >= 11 is 0. The van der Waals surface area contributed by atoms with Crippen molar-refractivity contribution in [1.29, 1.82) is 5.26 Å². The largest absolute Gasteiger partial charge is 0.287 e. The molecule has 2 aromatic rings. The SMILES string of the molecule is N#CC(c1ccccc1)N(O)c1ccccc1. The zero-order valence-electron chi connectivity index (χ0n) is 9.19. The molecule has 0 saturated heterocycles. The first-order valence-corrected chi connectivity index (χ1v) is 5.30. The van der Waals surface area contributed by atoms with E-state index in [0.717, 1.165) is 10.6 Å². The molecule has 2 rings (SSSR count). The summed E-state index contributed by atoms with van der Waals surface area (Å²) in [7, 11) is 0. The van der Waals surface area contributed by atoms with Crippen molar-refractivity contribution in [3.63, 3.8) is 0 Å². The van der Waals surface area contributed by atoms with E-state index >= 15 is 0 Å². The van der Waals surface area contributed by atoms with Crippen molar-refractivity contribution in [2.24, 2.45) is 0 Å². The number of rotatable bonds is 3. The molecule has 0 bridgehead atoms. The average molecular weight is 224 g/mol. The molecule has 3 heteroatoms. The molecule has 84 valence electrons. The van der Waals surface area contributed by atoms with E-state index in [1.54, 1.807) is 12.1 Å². The number of hydroxylamine groups is 1. The van der Waals surface area contributed by atoms with Crippen LogP contribution in [0.3, 0.4) is 0 Å². The monoisotopic (exact) mass is 224 g/mol. The highest BCUT2D eigenvalue weighted by Gasteiger charge is 2.18. The fourth-order valence-corrected chi connectivity index (χ4v) is 1.64. The molecule has 2 aromatic carbocycles. The molecular formula is C14H12N2O. The molecule has 0 aliphatic rings. The summed E-state index contributed by atoms with van der Waals surface area (Å²) in [5.74, 6) is 0. The Morgan fingerprint density at radius 1 is 0.941 bits per heavy atom. The lowest BCUT2D eigenvalue weighted by Crippen LogP contribution is -2.23. The second-order valence-electron chi connectivity index (χ2n) is 3.62. The van der Waals surface area contributed by atoms with Gasteiger partial charge in [0.15, 0.2) is 6.04 Å². The van der Waals surface area contributed by atoms with Crippen LogP contribution in [-0.4, -0.2) is 5.21 Å². The van der Waals surface area contributed by atoms with Crippen molar-refractivity contribution in [2.45, 2.75) is 6.04 Å². The number of anilines is 1. The van der Waals surface area contributed by atoms with E-state index < -0.39 is 6.04 Å². The molecule has 0 radical (unpaired) electrons. The Labute approximate surface area is 100 Å². The van der Waals surface area contributed by atoms with Crippen LogP contribution in [0.25, 0.3) is 0 Å². The lowest BCUT2D eigenvalue weighted by molar-refractivity contribution is 0.236. The van der Waals surface area contributed by atoms with Gasteiger partial charge in [0.05, 0.1) is 11.8 Å². The fraction of sp³-hybridized carbons (Fsp3) is 0.0714. The zero-order chi connectivity index (χ0) is 12.1. The van der Waals surface area contributed by atoms with Crippen LogP contribution >= 0.6 is 0 Å². The number of hydrogen-bond donors (Lipinski definition) is 1. The quantitative estimate of drug-likeness (QED) is 0.815. The molecule has 0 aromatic heterocycles. The molecular weight excluding hydrogens is 212 g/mol. The van der Waals surface area contributed by atoms with Crippen molar-refractivity contribution >= 4 is 5.69 Å². The van der Waals surface area contributed by atoms with E-state index in [-0.39, 0.29) is 0 Å². The summed E-state index contributed by atoms with van der Waals surface area (Å²) in [6.07, 6.45) is 0. The number of nitrogens with zero attached hydrogens (tertiary/aromatic N) is 2. The third-order valence-electron chi connectivity index (χ3n) is 2.50. The first-order chi connectivity index (χ1) is 8.33. The fourth-order valence-electron chi connectivity index (χ4n) is 1.64. The Bertz CT molecular complexity index is 505. The Kier molecular flexibility index (Phi) is 3.39. The van der Waals surface area contributed by atoms with E-state index in [0.29, 0.717) is 5.69 Å². The van der Waals surface area contributed by atoms with Crippen LogP contribution in [0, 0.1) is 11.3 Å². The Hall–Kier alpha value is -2.31.